The van der Waals surface area contributed by atoms with Crippen molar-refractivity contribution in [2.75, 3.05) is 0 Å². The summed E-state index contributed by atoms with van der Waals surface area (Å²) in [7, 11) is 0. The van der Waals surface area contributed by atoms with E-state index in [0.29, 0.717) is 5.69 Å². The lowest BCUT2D eigenvalue weighted by Gasteiger charge is -2.20. The molecular formula is C16H18N2O. The summed E-state index contributed by atoms with van der Waals surface area (Å²) in [5.41, 5.74) is 4.73. The maximum Gasteiger partial charge on any atom is 0.168 e. The fourth-order valence-electron chi connectivity index (χ4n) is 1.95. The molecule has 0 aliphatic carbocycles. The van der Waals surface area contributed by atoms with Crippen molar-refractivity contribution in [2.45, 2.75) is 33.1 Å². The first kappa shape index (κ1) is 13.4. The van der Waals surface area contributed by atoms with Gasteiger partial charge in [-0.25, -0.2) is 9.97 Å². The van der Waals surface area contributed by atoms with Crippen LogP contribution in [-0.2, 0) is 5.41 Å². The molecule has 0 atom stereocenters. The predicted molar refractivity (Wildman–Crippen MR) is 76.3 cm³/mol. The zero-order valence-corrected chi connectivity index (χ0v) is 11.8. The van der Waals surface area contributed by atoms with Crippen LogP contribution in [0.15, 0.2) is 30.6 Å². The minimum absolute atomic E-state index is 0.0863. The highest BCUT2D eigenvalue weighted by Gasteiger charge is 2.15. The third kappa shape index (κ3) is 2.87. The van der Waals surface area contributed by atoms with E-state index in [1.54, 1.807) is 6.07 Å². The van der Waals surface area contributed by atoms with Crippen LogP contribution in [0.3, 0.4) is 0 Å². The molecule has 98 valence electrons. The molecule has 0 N–H and O–H groups in total. The van der Waals surface area contributed by atoms with Gasteiger partial charge in [0.05, 0.1) is 5.69 Å². The summed E-state index contributed by atoms with van der Waals surface area (Å²) in [6.45, 7) is 8.58. The van der Waals surface area contributed by atoms with E-state index in [4.69, 9.17) is 0 Å². The van der Waals surface area contributed by atoms with Crippen LogP contribution in [-0.4, -0.2) is 16.3 Å². The molecule has 2 aromatic rings. The number of hydrogen-bond acceptors (Lipinski definition) is 3. The van der Waals surface area contributed by atoms with Crippen LogP contribution in [0.1, 0.15) is 42.4 Å². The lowest BCUT2D eigenvalue weighted by molar-refractivity contribution is 0.111. The smallest absolute Gasteiger partial charge is 0.168 e. The SMILES string of the molecule is Cc1ccc(C(C)(C)C)cc1-c1cc(C=O)ncn1. The van der Waals surface area contributed by atoms with Gasteiger partial charge in [-0.2, -0.15) is 0 Å². The Morgan fingerprint density at radius 2 is 1.84 bits per heavy atom. The minimum Gasteiger partial charge on any atom is -0.296 e. The van der Waals surface area contributed by atoms with E-state index in [9.17, 15) is 4.79 Å². The zero-order chi connectivity index (χ0) is 14.0. The molecule has 0 radical (unpaired) electrons. The molecule has 0 saturated carbocycles. The Kier molecular flexibility index (Phi) is 3.47. The Hall–Kier alpha value is -2.03. The average molecular weight is 254 g/mol. The van der Waals surface area contributed by atoms with Gasteiger partial charge in [-0.1, -0.05) is 32.9 Å². The number of aryl methyl sites for hydroxylation is 1. The Morgan fingerprint density at radius 1 is 1.11 bits per heavy atom. The van der Waals surface area contributed by atoms with Gasteiger partial charge in [-0.3, -0.25) is 4.79 Å². The van der Waals surface area contributed by atoms with Crippen molar-refractivity contribution in [2.24, 2.45) is 0 Å². The summed E-state index contributed by atoms with van der Waals surface area (Å²) >= 11 is 0. The Balaban J connectivity index is 2.57. The quantitative estimate of drug-likeness (QED) is 0.769. The topological polar surface area (TPSA) is 42.9 Å². The van der Waals surface area contributed by atoms with Crippen molar-refractivity contribution in [1.29, 1.82) is 0 Å². The minimum atomic E-state index is 0.0863. The number of aldehydes is 1. The van der Waals surface area contributed by atoms with E-state index in [1.165, 1.54) is 11.9 Å². The highest BCUT2D eigenvalue weighted by Crippen LogP contribution is 2.29. The van der Waals surface area contributed by atoms with Gasteiger partial charge in [0.25, 0.3) is 0 Å². The molecule has 1 aromatic heterocycles. The van der Waals surface area contributed by atoms with Crippen molar-refractivity contribution in [3.63, 3.8) is 0 Å². The first-order valence-corrected chi connectivity index (χ1v) is 6.30. The zero-order valence-electron chi connectivity index (χ0n) is 11.8. The van der Waals surface area contributed by atoms with Gasteiger partial charge in [0.2, 0.25) is 0 Å². The van der Waals surface area contributed by atoms with Crippen molar-refractivity contribution >= 4 is 6.29 Å². The Labute approximate surface area is 113 Å². The molecule has 3 heteroatoms. The predicted octanol–water partition coefficient (Wildman–Crippen LogP) is 3.56. The van der Waals surface area contributed by atoms with Crippen LogP contribution < -0.4 is 0 Å². The molecular weight excluding hydrogens is 236 g/mol. The third-order valence-electron chi connectivity index (χ3n) is 3.19. The monoisotopic (exact) mass is 254 g/mol. The van der Waals surface area contributed by atoms with Crippen molar-refractivity contribution < 1.29 is 4.79 Å². The van der Waals surface area contributed by atoms with E-state index < -0.39 is 0 Å². The molecule has 1 heterocycles. The lowest BCUT2D eigenvalue weighted by Crippen LogP contribution is -2.11. The van der Waals surface area contributed by atoms with Gasteiger partial charge < -0.3 is 0 Å². The lowest BCUT2D eigenvalue weighted by atomic mass is 9.85. The standard InChI is InChI=1S/C16H18N2O/c1-11-5-6-12(16(2,3)4)7-14(11)15-8-13(9-19)17-10-18-15/h5-10H,1-4H3. The summed E-state index contributed by atoms with van der Waals surface area (Å²) in [6.07, 6.45) is 2.18. The summed E-state index contributed by atoms with van der Waals surface area (Å²) in [5, 5.41) is 0. The second-order valence-corrected chi connectivity index (χ2v) is 5.73. The number of rotatable bonds is 2. The molecule has 0 saturated heterocycles. The first-order chi connectivity index (χ1) is 8.91. The van der Waals surface area contributed by atoms with Crippen LogP contribution in [0.5, 0.6) is 0 Å². The summed E-state index contributed by atoms with van der Waals surface area (Å²) < 4.78 is 0. The number of carbonyl (C=O) groups is 1. The van der Waals surface area contributed by atoms with Gasteiger partial charge >= 0.3 is 0 Å². The van der Waals surface area contributed by atoms with Crippen molar-refractivity contribution in [3.05, 3.63) is 47.4 Å². The van der Waals surface area contributed by atoms with Crippen molar-refractivity contribution in [3.8, 4) is 11.3 Å². The molecule has 0 aliphatic rings. The molecule has 0 amide bonds. The molecule has 0 bridgehead atoms. The molecule has 0 spiro atoms. The second kappa shape index (κ2) is 4.92. The molecule has 3 nitrogen and oxygen atoms in total. The van der Waals surface area contributed by atoms with E-state index in [1.807, 2.05) is 6.92 Å². The highest BCUT2D eigenvalue weighted by atomic mass is 16.1. The Bertz CT molecular complexity index is 612. The van der Waals surface area contributed by atoms with Crippen LogP contribution in [0, 0.1) is 6.92 Å². The molecule has 0 fully saturated rings. The fraction of sp³-hybridized carbons (Fsp3) is 0.312. The first-order valence-electron chi connectivity index (χ1n) is 6.30. The second-order valence-electron chi connectivity index (χ2n) is 5.73. The van der Waals surface area contributed by atoms with Crippen LogP contribution in [0.4, 0.5) is 0 Å². The maximum atomic E-state index is 10.8. The van der Waals surface area contributed by atoms with Gasteiger partial charge in [0.1, 0.15) is 12.0 Å². The molecule has 19 heavy (non-hydrogen) atoms. The third-order valence-corrected chi connectivity index (χ3v) is 3.19. The summed E-state index contributed by atoms with van der Waals surface area (Å²) in [6, 6.07) is 8.10. The van der Waals surface area contributed by atoms with Crippen LogP contribution in [0.25, 0.3) is 11.3 Å². The number of hydrogen-bond donors (Lipinski definition) is 0. The van der Waals surface area contributed by atoms with Gasteiger partial charge in [0.15, 0.2) is 6.29 Å². The van der Waals surface area contributed by atoms with E-state index in [0.717, 1.165) is 23.1 Å². The fourth-order valence-corrected chi connectivity index (χ4v) is 1.95. The van der Waals surface area contributed by atoms with Crippen LogP contribution in [0.2, 0.25) is 0 Å². The molecule has 1 aromatic carbocycles. The number of carbonyl (C=O) groups excluding carboxylic acids is 1. The molecule has 0 aliphatic heterocycles. The molecule has 2 rings (SSSR count). The number of nitrogens with zero attached hydrogens (tertiary/aromatic N) is 2. The van der Waals surface area contributed by atoms with Crippen LogP contribution >= 0.6 is 0 Å². The van der Waals surface area contributed by atoms with Gasteiger partial charge in [-0.05, 0) is 35.6 Å². The van der Waals surface area contributed by atoms with Crippen molar-refractivity contribution in [1.82, 2.24) is 9.97 Å². The van der Waals surface area contributed by atoms with E-state index >= 15 is 0 Å². The molecule has 0 unspecified atom stereocenters. The van der Waals surface area contributed by atoms with E-state index in [2.05, 4.69) is 48.9 Å². The maximum absolute atomic E-state index is 10.8. The Morgan fingerprint density at radius 3 is 2.47 bits per heavy atom. The normalized spacial score (nSPS) is 11.4. The summed E-state index contributed by atoms with van der Waals surface area (Å²) in [4.78, 5) is 19.0. The van der Waals surface area contributed by atoms with E-state index in [-0.39, 0.29) is 5.41 Å². The van der Waals surface area contributed by atoms with Gasteiger partial charge in [-0.15, -0.1) is 0 Å². The number of benzene rings is 1. The largest absolute Gasteiger partial charge is 0.296 e. The summed E-state index contributed by atoms with van der Waals surface area (Å²) in [5.74, 6) is 0. The average Bonchev–Trinajstić information content (AvgIpc) is 2.38. The highest BCUT2D eigenvalue weighted by molar-refractivity contribution is 5.75. The van der Waals surface area contributed by atoms with Gasteiger partial charge in [0, 0.05) is 5.56 Å². The number of aromatic nitrogens is 2.